The highest BCUT2D eigenvalue weighted by Gasteiger charge is 2.33. The summed E-state index contributed by atoms with van der Waals surface area (Å²) in [6, 6.07) is 6.07. The van der Waals surface area contributed by atoms with Gasteiger partial charge in [0.05, 0.1) is 19.2 Å². The van der Waals surface area contributed by atoms with Gasteiger partial charge in [-0.2, -0.15) is 0 Å². The summed E-state index contributed by atoms with van der Waals surface area (Å²) in [7, 11) is 1.66. The lowest BCUT2D eigenvalue weighted by molar-refractivity contribution is 0.0747. The highest BCUT2D eigenvalue weighted by Crippen LogP contribution is 2.42. The van der Waals surface area contributed by atoms with Crippen molar-refractivity contribution in [3.8, 4) is 5.88 Å². The van der Waals surface area contributed by atoms with Crippen molar-refractivity contribution < 1.29 is 9.53 Å². The second kappa shape index (κ2) is 11.6. The van der Waals surface area contributed by atoms with Gasteiger partial charge in [-0.05, 0) is 100 Å². The van der Waals surface area contributed by atoms with Crippen molar-refractivity contribution in [2.75, 3.05) is 26.7 Å². The largest absolute Gasteiger partial charge is 0.481 e. The molecule has 3 aromatic heterocycles. The number of nitrogens with zero attached hydrogens (tertiary/aromatic N) is 3. The minimum Gasteiger partial charge on any atom is -0.481 e. The van der Waals surface area contributed by atoms with Gasteiger partial charge in [-0.25, -0.2) is 4.98 Å². The van der Waals surface area contributed by atoms with Crippen LogP contribution in [0.5, 0.6) is 5.88 Å². The Morgan fingerprint density at radius 1 is 1.13 bits per heavy atom. The van der Waals surface area contributed by atoms with E-state index >= 15 is 0 Å². The number of fused-ring (bicyclic) bond motifs is 1. The van der Waals surface area contributed by atoms with Crippen LogP contribution in [0.25, 0.3) is 0 Å². The molecule has 1 saturated heterocycles. The molecule has 2 aliphatic heterocycles. The van der Waals surface area contributed by atoms with Crippen LogP contribution in [0.4, 0.5) is 0 Å². The molecule has 1 fully saturated rings. The standard InChI is InChI=1S/C31H40N4O3S/c1-19-15-20(2)33-30(36)25(19)18-35-12-6-7-26-28(31(35)37)22(4)29(39-26)21(3)24-9-13-34(14-10-24)17-23-8-11-32-27(16-23)38-5/h8,11,15-16,21,24H,6-7,9-10,12-14,17-18H2,1-5H3,(H,33,36). The van der Waals surface area contributed by atoms with Crippen LogP contribution in [0.3, 0.4) is 0 Å². The molecule has 0 aliphatic carbocycles. The lowest BCUT2D eigenvalue weighted by Gasteiger charge is -2.35. The van der Waals surface area contributed by atoms with E-state index in [0.717, 1.165) is 67.7 Å². The Hall–Kier alpha value is -2.97. The first-order valence-electron chi connectivity index (χ1n) is 14.1. The summed E-state index contributed by atoms with van der Waals surface area (Å²) in [4.78, 5) is 40.6. The van der Waals surface area contributed by atoms with Gasteiger partial charge in [-0.1, -0.05) is 6.92 Å². The number of hydrogen-bond acceptors (Lipinski definition) is 6. The number of amides is 1. The Balaban J connectivity index is 1.28. The highest BCUT2D eigenvalue weighted by atomic mass is 32.1. The number of pyridine rings is 2. The molecule has 8 heteroatoms. The monoisotopic (exact) mass is 548 g/mol. The predicted octanol–water partition coefficient (Wildman–Crippen LogP) is 5.37. The Morgan fingerprint density at radius 2 is 1.90 bits per heavy atom. The number of likely N-dealkylation sites (tertiary alicyclic amines) is 1. The van der Waals surface area contributed by atoms with Crippen LogP contribution >= 0.6 is 11.3 Å². The van der Waals surface area contributed by atoms with E-state index in [0.29, 0.717) is 36.4 Å². The van der Waals surface area contributed by atoms with E-state index in [4.69, 9.17) is 4.74 Å². The molecular weight excluding hydrogens is 508 g/mol. The number of piperidine rings is 1. The van der Waals surface area contributed by atoms with Gasteiger partial charge in [0.2, 0.25) is 5.88 Å². The number of ether oxygens (including phenoxy) is 1. The first-order chi connectivity index (χ1) is 18.7. The van der Waals surface area contributed by atoms with Crippen molar-refractivity contribution in [1.82, 2.24) is 19.8 Å². The molecule has 0 aromatic carbocycles. The molecular formula is C31H40N4O3S. The summed E-state index contributed by atoms with van der Waals surface area (Å²) >= 11 is 1.86. The molecule has 5 rings (SSSR count). The summed E-state index contributed by atoms with van der Waals surface area (Å²) in [5.41, 5.74) is 5.68. The minimum atomic E-state index is -0.0875. The van der Waals surface area contributed by atoms with Crippen molar-refractivity contribution in [3.05, 3.63) is 78.0 Å². The van der Waals surface area contributed by atoms with Gasteiger partial charge in [0.15, 0.2) is 0 Å². The lowest BCUT2D eigenvalue weighted by atomic mass is 9.83. The first-order valence-corrected chi connectivity index (χ1v) is 14.9. The number of carbonyl (C=O) groups is 1. The number of aromatic amines is 1. The van der Waals surface area contributed by atoms with Crippen LogP contribution in [0.1, 0.15) is 80.2 Å². The third kappa shape index (κ3) is 5.82. The first kappa shape index (κ1) is 27.6. The number of thiophene rings is 1. The summed E-state index contributed by atoms with van der Waals surface area (Å²) in [5.74, 6) is 1.78. The molecule has 0 spiro atoms. The van der Waals surface area contributed by atoms with Gasteiger partial charge in [0.25, 0.3) is 11.5 Å². The fraction of sp³-hybridized carbons (Fsp3) is 0.516. The Labute approximate surface area is 235 Å². The van der Waals surface area contributed by atoms with Gasteiger partial charge in [-0.3, -0.25) is 14.5 Å². The van der Waals surface area contributed by atoms with Crippen molar-refractivity contribution in [2.24, 2.45) is 5.92 Å². The van der Waals surface area contributed by atoms with Gasteiger partial charge < -0.3 is 14.6 Å². The molecule has 1 amide bonds. The van der Waals surface area contributed by atoms with Crippen LogP contribution < -0.4 is 10.3 Å². The van der Waals surface area contributed by atoms with Crippen molar-refractivity contribution in [3.63, 3.8) is 0 Å². The average Bonchev–Trinajstić information content (AvgIpc) is 3.16. The van der Waals surface area contributed by atoms with Crippen LogP contribution in [0.2, 0.25) is 0 Å². The van der Waals surface area contributed by atoms with E-state index in [1.807, 2.05) is 48.4 Å². The van der Waals surface area contributed by atoms with Crippen LogP contribution in [0.15, 0.2) is 29.2 Å². The maximum absolute atomic E-state index is 13.8. The number of H-pyrrole nitrogens is 1. The number of carbonyl (C=O) groups excluding carboxylic acids is 1. The zero-order chi connectivity index (χ0) is 27.7. The maximum Gasteiger partial charge on any atom is 0.255 e. The van der Waals surface area contributed by atoms with Gasteiger partial charge in [0, 0.05) is 46.4 Å². The summed E-state index contributed by atoms with van der Waals surface area (Å²) in [6.07, 6.45) is 5.97. The van der Waals surface area contributed by atoms with E-state index in [1.54, 1.807) is 7.11 Å². The molecule has 1 unspecified atom stereocenters. The number of aryl methyl sites for hydroxylation is 3. The molecule has 0 bridgehead atoms. The lowest BCUT2D eigenvalue weighted by Crippen LogP contribution is -2.35. The maximum atomic E-state index is 13.8. The quantitative estimate of drug-likeness (QED) is 0.430. The molecule has 1 N–H and O–H groups in total. The fourth-order valence-corrected chi connectivity index (χ4v) is 7.82. The van der Waals surface area contributed by atoms with Crippen LogP contribution in [0, 0.1) is 26.7 Å². The van der Waals surface area contributed by atoms with E-state index in [1.165, 1.54) is 15.3 Å². The third-order valence-corrected chi connectivity index (χ3v) is 10.2. The molecule has 7 nitrogen and oxygen atoms in total. The molecule has 1 atom stereocenters. The molecule has 39 heavy (non-hydrogen) atoms. The zero-order valence-corrected chi connectivity index (χ0v) is 24.6. The van der Waals surface area contributed by atoms with Crippen molar-refractivity contribution >= 4 is 17.2 Å². The molecule has 0 radical (unpaired) electrons. The normalized spacial score (nSPS) is 17.7. The van der Waals surface area contributed by atoms with E-state index in [9.17, 15) is 9.59 Å². The average molecular weight is 549 g/mol. The third-order valence-electron chi connectivity index (χ3n) is 8.60. The molecule has 3 aromatic rings. The minimum absolute atomic E-state index is 0.0803. The number of nitrogens with one attached hydrogen (secondary N) is 1. The summed E-state index contributed by atoms with van der Waals surface area (Å²) < 4.78 is 5.28. The molecule has 0 saturated carbocycles. The van der Waals surface area contributed by atoms with Crippen LogP contribution in [-0.4, -0.2) is 52.4 Å². The Kier molecular flexibility index (Phi) is 8.24. The molecule has 208 valence electrons. The summed E-state index contributed by atoms with van der Waals surface area (Å²) in [5, 5.41) is 0. The second-order valence-corrected chi connectivity index (χ2v) is 12.4. The van der Waals surface area contributed by atoms with Gasteiger partial charge in [-0.15, -0.1) is 11.3 Å². The zero-order valence-electron chi connectivity index (χ0n) is 23.8. The number of rotatable bonds is 7. The van der Waals surface area contributed by atoms with E-state index in [-0.39, 0.29) is 11.5 Å². The smallest absolute Gasteiger partial charge is 0.255 e. The SMILES string of the molecule is COc1cc(CN2CCC(C(C)c3sc4c(c3C)C(=O)N(Cc3c(C)cc(C)[nH]c3=O)CCC4)CC2)ccn1. The Bertz CT molecular complexity index is 1400. The number of aromatic nitrogens is 2. The van der Waals surface area contributed by atoms with Gasteiger partial charge in [0.1, 0.15) is 0 Å². The number of hydrogen-bond donors (Lipinski definition) is 1. The highest BCUT2D eigenvalue weighted by molar-refractivity contribution is 7.12. The predicted molar refractivity (Wildman–Crippen MR) is 156 cm³/mol. The molecule has 2 aliphatic rings. The topological polar surface area (TPSA) is 78.5 Å². The van der Waals surface area contributed by atoms with E-state index < -0.39 is 0 Å². The van der Waals surface area contributed by atoms with Crippen LogP contribution in [-0.2, 0) is 19.5 Å². The van der Waals surface area contributed by atoms with Crippen molar-refractivity contribution in [1.29, 1.82) is 0 Å². The van der Waals surface area contributed by atoms with E-state index in [2.05, 4.69) is 34.8 Å². The number of methoxy groups -OCH3 is 1. The second-order valence-electron chi connectivity index (χ2n) is 11.3. The van der Waals surface area contributed by atoms with Gasteiger partial charge >= 0.3 is 0 Å². The van der Waals surface area contributed by atoms with Crippen molar-refractivity contribution in [2.45, 2.75) is 72.4 Å². The molecule has 5 heterocycles. The Morgan fingerprint density at radius 3 is 2.62 bits per heavy atom. The fourth-order valence-electron chi connectivity index (χ4n) is 6.34. The summed E-state index contributed by atoms with van der Waals surface area (Å²) in [6.45, 7) is 12.4.